The van der Waals surface area contributed by atoms with Crippen LogP contribution in [0.25, 0.3) is 6.08 Å². The van der Waals surface area contributed by atoms with Gasteiger partial charge < -0.3 is 19.5 Å². The fourth-order valence-electron chi connectivity index (χ4n) is 2.92. The van der Waals surface area contributed by atoms with Crippen LogP contribution in [0.3, 0.4) is 0 Å². The molecule has 3 rings (SSSR count). The Hall–Kier alpha value is -3.81. The monoisotopic (exact) mass is 424 g/mol. The maximum Gasteiger partial charge on any atom is 0.329 e. The molecule has 1 heterocycles. The van der Waals surface area contributed by atoms with E-state index in [0.29, 0.717) is 30.3 Å². The Morgan fingerprint density at radius 2 is 1.81 bits per heavy atom. The fraction of sp³-hybridized carbons (Fsp3) is 0.261. The normalized spacial score (nSPS) is 14.5. The van der Waals surface area contributed by atoms with Crippen molar-refractivity contribution in [3.63, 3.8) is 0 Å². The van der Waals surface area contributed by atoms with Gasteiger partial charge in [-0.2, -0.15) is 0 Å². The lowest BCUT2D eigenvalue weighted by atomic mass is 10.1. The quantitative estimate of drug-likeness (QED) is 0.398. The van der Waals surface area contributed by atoms with E-state index in [4.69, 9.17) is 9.47 Å². The number of carbonyl (C=O) groups excluding carboxylic acids is 3. The molecule has 2 aromatic carbocycles. The van der Waals surface area contributed by atoms with Crippen molar-refractivity contribution >= 4 is 24.0 Å². The van der Waals surface area contributed by atoms with E-state index >= 15 is 0 Å². The van der Waals surface area contributed by atoms with E-state index in [1.54, 1.807) is 18.2 Å². The molecule has 1 fully saturated rings. The van der Waals surface area contributed by atoms with E-state index < -0.39 is 24.5 Å². The summed E-state index contributed by atoms with van der Waals surface area (Å²) in [6, 6.07) is 12.6. The molecule has 0 radical (unpaired) electrons. The number of urea groups is 1. The highest BCUT2D eigenvalue weighted by Gasteiger charge is 2.35. The Morgan fingerprint density at radius 3 is 2.48 bits per heavy atom. The van der Waals surface area contributed by atoms with Crippen molar-refractivity contribution in [3.8, 4) is 11.5 Å². The SMILES string of the molecule is CCOc1cc(/C=C2/NC(=O)N(CC(=O)OC)C2=O)ccc1OCc1ccc(C)cc1. The molecule has 162 valence electrons. The molecule has 1 aliphatic rings. The second-order valence-corrected chi connectivity index (χ2v) is 6.87. The molecule has 8 nitrogen and oxygen atoms in total. The van der Waals surface area contributed by atoms with Crippen molar-refractivity contribution in [2.45, 2.75) is 20.5 Å². The molecule has 1 aliphatic heterocycles. The second kappa shape index (κ2) is 9.80. The Bertz CT molecular complexity index is 1010. The topological polar surface area (TPSA) is 94.2 Å². The third kappa shape index (κ3) is 5.42. The van der Waals surface area contributed by atoms with Crippen LogP contribution in [0.2, 0.25) is 0 Å². The van der Waals surface area contributed by atoms with Crippen LogP contribution in [-0.2, 0) is 20.9 Å². The largest absolute Gasteiger partial charge is 0.490 e. The molecule has 3 amide bonds. The summed E-state index contributed by atoms with van der Waals surface area (Å²) in [7, 11) is 1.19. The van der Waals surface area contributed by atoms with Crippen LogP contribution in [-0.4, -0.2) is 43.1 Å². The van der Waals surface area contributed by atoms with Gasteiger partial charge in [-0.1, -0.05) is 35.9 Å². The fourth-order valence-corrected chi connectivity index (χ4v) is 2.92. The number of carbonyl (C=O) groups is 3. The molecule has 0 bridgehead atoms. The minimum absolute atomic E-state index is 0.0599. The van der Waals surface area contributed by atoms with Crippen LogP contribution >= 0.6 is 0 Å². The highest BCUT2D eigenvalue weighted by Crippen LogP contribution is 2.30. The van der Waals surface area contributed by atoms with Gasteiger partial charge in [-0.15, -0.1) is 0 Å². The molecule has 0 aliphatic carbocycles. The van der Waals surface area contributed by atoms with Gasteiger partial charge in [-0.3, -0.25) is 9.59 Å². The van der Waals surface area contributed by atoms with Gasteiger partial charge in [-0.25, -0.2) is 9.69 Å². The third-order valence-corrected chi connectivity index (χ3v) is 4.57. The van der Waals surface area contributed by atoms with Gasteiger partial charge in [0.05, 0.1) is 13.7 Å². The second-order valence-electron chi connectivity index (χ2n) is 6.87. The van der Waals surface area contributed by atoms with Gasteiger partial charge in [0.25, 0.3) is 5.91 Å². The number of amides is 3. The number of imide groups is 1. The standard InChI is InChI=1S/C23H24N2O6/c1-4-30-20-12-17(9-10-19(20)31-14-16-7-5-15(2)6-8-16)11-18-22(27)25(23(28)24-18)13-21(26)29-3/h5-12H,4,13-14H2,1-3H3,(H,24,28)/b18-11+. The molecule has 2 aromatic rings. The zero-order valence-electron chi connectivity index (χ0n) is 17.6. The number of benzene rings is 2. The van der Waals surface area contributed by atoms with Crippen LogP contribution in [0.5, 0.6) is 11.5 Å². The summed E-state index contributed by atoms with van der Waals surface area (Å²) >= 11 is 0. The predicted molar refractivity (Wildman–Crippen MR) is 113 cm³/mol. The number of hydrogen-bond acceptors (Lipinski definition) is 6. The van der Waals surface area contributed by atoms with Crippen LogP contribution < -0.4 is 14.8 Å². The maximum atomic E-state index is 12.4. The maximum absolute atomic E-state index is 12.4. The number of rotatable bonds is 8. The Balaban J connectivity index is 1.77. The average molecular weight is 424 g/mol. The van der Waals surface area contributed by atoms with Crippen molar-refractivity contribution < 1.29 is 28.6 Å². The molecule has 1 N–H and O–H groups in total. The number of aryl methyl sites for hydroxylation is 1. The molecule has 0 atom stereocenters. The highest BCUT2D eigenvalue weighted by atomic mass is 16.5. The van der Waals surface area contributed by atoms with Crippen LogP contribution in [0.15, 0.2) is 48.2 Å². The summed E-state index contributed by atoms with van der Waals surface area (Å²) in [5.74, 6) is -0.197. The van der Waals surface area contributed by atoms with E-state index in [2.05, 4.69) is 10.1 Å². The van der Waals surface area contributed by atoms with Gasteiger partial charge in [0.1, 0.15) is 18.8 Å². The molecule has 0 spiro atoms. The molecule has 31 heavy (non-hydrogen) atoms. The molecule has 0 unspecified atom stereocenters. The van der Waals surface area contributed by atoms with Crippen molar-refractivity contribution in [3.05, 3.63) is 64.9 Å². The smallest absolute Gasteiger partial charge is 0.329 e. The molecule has 0 aromatic heterocycles. The van der Waals surface area contributed by atoms with Crippen molar-refractivity contribution in [1.82, 2.24) is 10.2 Å². The van der Waals surface area contributed by atoms with E-state index in [0.717, 1.165) is 10.5 Å². The lowest BCUT2D eigenvalue weighted by Gasteiger charge is -2.13. The Kier molecular flexibility index (Phi) is 6.92. The zero-order chi connectivity index (χ0) is 22.4. The molecular formula is C23H24N2O6. The van der Waals surface area contributed by atoms with Crippen molar-refractivity contribution in [2.24, 2.45) is 0 Å². The summed E-state index contributed by atoms with van der Waals surface area (Å²) in [5.41, 5.74) is 2.90. The van der Waals surface area contributed by atoms with Gasteiger partial charge in [0.2, 0.25) is 0 Å². The van der Waals surface area contributed by atoms with E-state index in [-0.39, 0.29) is 5.70 Å². The Labute approximate surface area is 180 Å². The first-order chi connectivity index (χ1) is 14.9. The number of methoxy groups -OCH3 is 1. The number of hydrogen-bond donors (Lipinski definition) is 1. The molecule has 1 saturated heterocycles. The van der Waals surface area contributed by atoms with Gasteiger partial charge in [0, 0.05) is 0 Å². The predicted octanol–water partition coefficient (Wildman–Crippen LogP) is 3.04. The summed E-state index contributed by atoms with van der Waals surface area (Å²) in [6.45, 7) is 4.26. The minimum Gasteiger partial charge on any atom is -0.490 e. The van der Waals surface area contributed by atoms with Crippen LogP contribution in [0.4, 0.5) is 4.79 Å². The number of esters is 1. The highest BCUT2D eigenvalue weighted by molar-refractivity contribution is 6.15. The van der Waals surface area contributed by atoms with Crippen molar-refractivity contribution in [1.29, 1.82) is 0 Å². The van der Waals surface area contributed by atoms with Crippen LogP contribution in [0, 0.1) is 6.92 Å². The lowest BCUT2D eigenvalue weighted by Crippen LogP contribution is -2.36. The molecule has 8 heteroatoms. The van der Waals surface area contributed by atoms with Crippen LogP contribution in [0.1, 0.15) is 23.6 Å². The summed E-state index contributed by atoms with van der Waals surface area (Å²) in [5, 5.41) is 2.47. The zero-order valence-corrected chi connectivity index (χ0v) is 17.6. The first-order valence-electron chi connectivity index (χ1n) is 9.77. The van der Waals surface area contributed by atoms with Gasteiger partial charge in [0.15, 0.2) is 11.5 Å². The average Bonchev–Trinajstić information content (AvgIpc) is 3.01. The third-order valence-electron chi connectivity index (χ3n) is 4.57. The molecule has 0 saturated carbocycles. The minimum atomic E-state index is -0.682. The molecular weight excluding hydrogens is 400 g/mol. The van der Waals surface area contributed by atoms with E-state index in [9.17, 15) is 14.4 Å². The number of ether oxygens (including phenoxy) is 3. The summed E-state index contributed by atoms with van der Waals surface area (Å²) < 4.78 is 16.1. The lowest BCUT2D eigenvalue weighted by molar-refractivity contribution is -0.143. The first-order valence-corrected chi connectivity index (χ1v) is 9.77. The van der Waals surface area contributed by atoms with Gasteiger partial charge >= 0.3 is 12.0 Å². The van der Waals surface area contributed by atoms with E-state index in [1.165, 1.54) is 18.7 Å². The van der Waals surface area contributed by atoms with Gasteiger partial charge in [-0.05, 0) is 43.2 Å². The van der Waals surface area contributed by atoms with Crippen molar-refractivity contribution in [2.75, 3.05) is 20.3 Å². The van der Waals surface area contributed by atoms with E-state index in [1.807, 2.05) is 38.1 Å². The summed E-state index contributed by atoms with van der Waals surface area (Å²) in [6.07, 6.45) is 1.52. The number of nitrogens with zero attached hydrogens (tertiary/aromatic N) is 1. The number of nitrogens with one attached hydrogen (secondary N) is 1. The Morgan fingerprint density at radius 1 is 1.06 bits per heavy atom. The first kappa shape index (κ1) is 21.9. The summed E-state index contributed by atoms with van der Waals surface area (Å²) in [4.78, 5) is 36.6.